The number of thioether (sulfide) groups is 2. The maximum atomic E-state index is 11.8. The number of aromatic nitrogens is 3. The van der Waals surface area contributed by atoms with Crippen molar-refractivity contribution in [2.75, 3.05) is 11.5 Å². The van der Waals surface area contributed by atoms with Gasteiger partial charge in [-0.1, -0.05) is 53.9 Å². The average Bonchev–Trinajstić information content (AvgIpc) is 3.05. The summed E-state index contributed by atoms with van der Waals surface area (Å²) in [4.78, 5) is 11.8. The Bertz CT molecular complexity index is 793. The molecule has 0 spiro atoms. The zero-order valence-corrected chi connectivity index (χ0v) is 13.8. The molecular weight excluding hydrogens is 326 g/mol. The second-order valence-electron chi connectivity index (χ2n) is 4.10. The topological polar surface area (TPSA) is 60.9 Å². The number of benzene rings is 1. The van der Waals surface area contributed by atoms with Crippen LogP contribution in [0.15, 0.2) is 42.2 Å². The van der Waals surface area contributed by atoms with E-state index in [1.54, 1.807) is 45.5 Å². The van der Waals surface area contributed by atoms with Crippen molar-refractivity contribution in [3.8, 4) is 0 Å². The molecule has 0 N–H and O–H groups in total. The molecular formula is C13H13N3O2S3. The van der Waals surface area contributed by atoms with Crippen molar-refractivity contribution >= 4 is 46.0 Å². The third-order valence-electron chi connectivity index (χ3n) is 2.77. The van der Waals surface area contributed by atoms with Crippen LogP contribution in [0, 0.1) is 0 Å². The third kappa shape index (κ3) is 3.33. The van der Waals surface area contributed by atoms with Gasteiger partial charge in [0.05, 0.1) is 5.52 Å². The van der Waals surface area contributed by atoms with E-state index in [9.17, 15) is 4.79 Å². The van der Waals surface area contributed by atoms with E-state index in [0.29, 0.717) is 12.1 Å². The van der Waals surface area contributed by atoms with Gasteiger partial charge in [-0.15, -0.1) is 10.2 Å². The average molecular weight is 339 g/mol. The predicted molar refractivity (Wildman–Crippen MR) is 87.5 cm³/mol. The molecule has 0 aliphatic heterocycles. The van der Waals surface area contributed by atoms with Crippen LogP contribution in [0.25, 0.3) is 11.1 Å². The van der Waals surface area contributed by atoms with E-state index < -0.39 is 0 Å². The molecule has 0 unspecified atom stereocenters. The van der Waals surface area contributed by atoms with Gasteiger partial charge in [-0.3, -0.25) is 4.57 Å². The van der Waals surface area contributed by atoms with Crippen LogP contribution in [0.1, 0.15) is 6.92 Å². The van der Waals surface area contributed by atoms with E-state index in [0.717, 1.165) is 25.7 Å². The Morgan fingerprint density at radius 3 is 2.81 bits per heavy atom. The van der Waals surface area contributed by atoms with Crippen LogP contribution in [0.3, 0.4) is 0 Å². The van der Waals surface area contributed by atoms with E-state index in [1.807, 2.05) is 18.2 Å². The van der Waals surface area contributed by atoms with Crippen LogP contribution >= 0.6 is 34.9 Å². The molecule has 0 saturated carbocycles. The Balaban J connectivity index is 1.66. The molecule has 1 aromatic carbocycles. The molecule has 0 fully saturated rings. The zero-order valence-electron chi connectivity index (χ0n) is 11.3. The third-order valence-corrected chi connectivity index (χ3v) is 5.82. The molecule has 21 heavy (non-hydrogen) atoms. The summed E-state index contributed by atoms with van der Waals surface area (Å²) in [5.74, 6) is 1.45. The fourth-order valence-electron chi connectivity index (χ4n) is 1.89. The van der Waals surface area contributed by atoms with Crippen LogP contribution < -0.4 is 5.76 Å². The Morgan fingerprint density at radius 2 is 2.00 bits per heavy atom. The molecule has 0 atom stereocenters. The number of oxazole rings is 1. The number of hydrogen-bond donors (Lipinski definition) is 0. The summed E-state index contributed by atoms with van der Waals surface area (Å²) in [5, 5.41) is 8.25. The lowest BCUT2D eigenvalue weighted by Crippen LogP contribution is -2.15. The summed E-state index contributed by atoms with van der Waals surface area (Å²) in [7, 11) is 0. The van der Waals surface area contributed by atoms with Gasteiger partial charge in [-0.05, 0) is 17.9 Å². The first kappa shape index (κ1) is 14.7. The van der Waals surface area contributed by atoms with Gasteiger partial charge in [-0.2, -0.15) is 0 Å². The fourth-order valence-corrected chi connectivity index (χ4v) is 4.80. The van der Waals surface area contributed by atoms with Gasteiger partial charge < -0.3 is 4.42 Å². The lowest BCUT2D eigenvalue weighted by Gasteiger charge is -1.99. The van der Waals surface area contributed by atoms with Crippen LogP contribution in [-0.4, -0.2) is 26.3 Å². The predicted octanol–water partition coefficient (Wildman–Crippen LogP) is 3.35. The quantitative estimate of drug-likeness (QED) is 0.642. The molecule has 3 aromatic rings. The van der Waals surface area contributed by atoms with Gasteiger partial charge in [0.15, 0.2) is 14.3 Å². The second-order valence-corrected chi connectivity index (χ2v) is 7.93. The number of para-hydroxylation sites is 2. The molecule has 0 aliphatic carbocycles. The lowest BCUT2D eigenvalue weighted by molar-refractivity contribution is 0.514. The molecule has 3 rings (SSSR count). The fraction of sp³-hybridized carbons (Fsp3) is 0.308. The number of rotatable bonds is 6. The Kier molecular flexibility index (Phi) is 4.67. The van der Waals surface area contributed by atoms with E-state index >= 15 is 0 Å². The largest absolute Gasteiger partial charge is 0.419 e. The minimum absolute atomic E-state index is 0.309. The molecule has 0 saturated heterocycles. The molecule has 0 aliphatic rings. The van der Waals surface area contributed by atoms with E-state index in [4.69, 9.17) is 4.42 Å². The van der Waals surface area contributed by atoms with E-state index in [-0.39, 0.29) is 5.76 Å². The molecule has 8 heteroatoms. The first-order valence-electron chi connectivity index (χ1n) is 6.45. The molecule has 2 heterocycles. The minimum atomic E-state index is -0.309. The highest BCUT2D eigenvalue weighted by molar-refractivity contribution is 8.03. The SMILES string of the molecule is CCSc1nnc(SCCn2c(=O)oc3ccccc32)s1. The normalized spacial score (nSPS) is 11.3. The summed E-state index contributed by atoms with van der Waals surface area (Å²) in [5.41, 5.74) is 1.47. The number of aryl methyl sites for hydroxylation is 1. The molecule has 2 aromatic heterocycles. The first-order valence-corrected chi connectivity index (χ1v) is 9.24. The molecule has 110 valence electrons. The van der Waals surface area contributed by atoms with E-state index in [2.05, 4.69) is 17.1 Å². The summed E-state index contributed by atoms with van der Waals surface area (Å²) in [6.45, 7) is 2.69. The summed E-state index contributed by atoms with van der Waals surface area (Å²) in [6, 6.07) is 7.46. The molecule has 0 amide bonds. The van der Waals surface area contributed by atoms with Crippen molar-refractivity contribution in [2.45, 2.75) is 22.1 Å². The Morgan fingerprint density at radius 1 is 1.24 bits per heavy atom. The molecule has 5 nitrogen and oxygen atoms in total. The van der Waals surface area contributed by atoms with E-state index in [1.165, 1.54) is 0 Å². The van der Waals surface area contributed by atoms with Crippen molar-refractivity contribution in [3.63, 3.8) is 0 Å². The maximum absolute atomic E-state index is 11.8. The van der Waals surface area contributed by atoms with Crippen LogP contribution in [0.5, 0.6) is 0 Å². The Hall–Kier alpha value is -1.25. The summed E-state index contributed by atoms with van der Waals surface area (Å²) in [6.07, 6.45) is 0. The monoisotopic (exact) mass is 339 g/mol. The van der Waals surface area contributed by atoms with Crippen molar-refractivity contribution in [2.24, 2.45) is 0 Å². The number of fused-ring (bicyclic) bond motifs is 1. The van der Waals surface area contributed by atoms with Crippen molar-refractivity contribution in [1.29, 1.82) is 0 Å². The standard InChI is InChI=1S/C13H13N3O2S3/c1-2-19-11-14-15-12(21-11)20-8-7-16-9-5-3-4-6-10(9)18-13(16)17/h3-6H,2,7-8H2,1H3. The smallest absolute Gasteiger partial charge is 0.408 e. The van der Waals surface area contributed by atoms with Gasteiger partial charge in [0, 0.05) is 12.3 Å². The number of hydrogen-bond acceptors (Lipinski definition) is 7. The van der Waals surface area contributed by atoms with Gasteiger partial charge in [0.25, 0.3) is 0 Å². The van der Waals surface area contributed by atoms with Crippen LogP contribution in [-0.2, 0) is 6.54 Å². The van der Waals surface area contributed by atoms with Crippen molar-refractivity contribution < 1.29 is 4.42 Å². The number of nitrogens with zero attached hydrogens (tertiary/aromatic N) is 3. The highest BCUT2D eigenvalue weighted by Crippen LogP contribution is 2.28. The Labute approximate surface area is 133 Å². The summed E-state index contributed by atoms with van der Waals surface area (Å²) < 4.78 is 8.79. The molecule has 0 bridgehead atoms. The minimum Gasteiger partial charge on any atom is -0.408 e. The molecule has 0 radical (unpaired) electrons. The first-order chi connectivity index (χ1) is 10.3. The van der Waals surface area contributed by atoms with Gasteiger partial charge >= 0.3 is 5.76 Å². The van der Waals surface area contributed by atoms with Crippen LogP contribution in [0.2, 0.25) is 0 Å². The van der Waals surface area contributed by atoms with Crippen molar-refractivity contribution in [1.82, 2.24) is 14.8 Å². The second kappa shape index (κ2) is 6.67. The highest BCUT2D eigenvalue weighted by atomic mass is 32.2. The van der Waals surface area contributed by atoms with Gasteiger partial charge in [0.1, 0.15) is 0 Å². The highest BCUT2D eigenvalue weighted by Gasteiger charge is 2.09. The van der Waals surface area contributed by atoms with Crippen molar-refractivity contribution in [3.05, 3.63) is 34.8 Å². The van der Waals surface area contributed by atoms with Crippen LogP contribution in [0.4, 0.5) is 0 Å². The maximum Gasteiger partial charge on any atom is 0.419 e. The summed E-state index contributed by atoms with van der Waals surface area (Å²) >= 11 is 4.90. The van der Waals surface area contributed by atoms with Gasteiger partial charge in [0.2, 0.25) is 0 Å². The zero-order chi connectivity index (χ0) is 14.7. The lowest BCUT2D eigenvalue weighted by atomic mass is 10.3. The van der Waals surface area contributed by atoms with Gasteiger partial charge in [-0.25, -0.2) is 4.79 Å².